The summed E-state index contributed by atoms with van der Waals surface area (Å²) >= 11 is 0. The van der Waals surface area contributed by atoms with Crippen molar-refractivity contribution in [2.75, 3.05) is 18.6 Å². The molecule has 2 aromatic carbocycles. The molecule has 0 atom stereocenters. The fourth-order valence-corrected chi connectivity index (χ4v) is 5.08. The van der Waals surface area contributed by atoms with E-state index in [4.69, 9.17) is 17.7 Å². The maximum atomic E-state index is 11.2. The summed E-state index contributed by atoms with van der Waals surface area (Å²) in [4.78, 5) is 12.6. The number of alkyl halides is 3. The first-order chi connectivity index (χ1) is 13.0. The van der Waals surface area contributed by atoms with E-state index in [-0.39, 0.29) is 0 Å². The van der Waals surface area contributed by atoms with Crippen molar-refractivity contribution in [3.8, 4) is 5.75 Å². The van der Waals surface area contributed by atoms with E-state index in [1.165, 1.54) is 41.7 Å². The monoisotopic (exact) mass is 438 g/mol. The molecule has 154 valence electrons. The van der Waals surface area contributed by atoms with Gasteiger partial charge in [0.25, 0.3) is 0 Å². The maximum Gasteiger partial charge on any atom is 0.513 e. The number of hydrogen-bond donors (Lipinski definition) is 0. The molecule has 1 aliphatic heterocycles. The van der Waals surface area contributed by atoms with Crippen LogP contribution in [0.1, 0.15) is 12.8 Å². The average Bonchev–Trinajstić information content (AvgIpc) is 3.14. The normalized spacial score (nSPS) is 15.0. The number of carbonyl (C=O) groups excluding carboxylic acids is 1. The molecule has 0 amide bonds. The van der Waals surface area contributed by atoms with Crippen molar-refractivity contribution in [3.63, 3.8) is 0 Å². The lowest BCUT2D eigenvalue weighted by molar-refractivity contribution is -0.0517. The SMILES string of the molecule is COC(=O)Oc1ccc2c([S+]3CCCC3)cccc2c1.O=S(=O)([O-])C(F)(F)F. The third-order valence-corrected chi connectivity index (χ3v) is 6.91. The van der Waals surface area contributed by atoms with E-state index in [0.29, 0.717) is 16.6 Å². The Hall–Kier alpha value is -1.98. The number of hydrogen-bond acceptors (Lipinski definition) is 6. The molecule has 28 heavy (non-hydrogen) atoms. The summed E-state index contributed by atoms with van der Waals surface area (Å²) in [6.07, 6.45) is 1.99. The summed E-state index contributed by atoms with van der Waals surface area (Å²) in [5.74, 6) is 3.13. The zero-order valence-corrected chi connectivity index (χ0v) is 16.3. The van der Waals surface area contributed by atoms with Crippen LogP contribution in [0.5, 0.6) is 5.75 Å². The topological polar surface area (TPSA) is 92.7 Å². The van der Waals surface area contributed by atoms with Crippen molar-refractivity contribution >= 4 is 37.9 Å². The quantitative estimate of drug-likeness (QED) is 0.233. The Balaban J connectivity index is 0.000000300. The molecule has 0 aromatic heterocycles. The highest BCUT2D eigenvalue weighted by Gasteiger charge is 2.37. The first kappa shape index (κ1) is 22.3. The molecular formula is C17H17F3O6S2. The van der Waals surface area contributed by atoms with Gasteiger partial charge in [-0.2, -0.15) is 13.2 Å². The van der Waals surface area contributed by atoms with Gasteiger partial charge in [0.1, 0.15) is 17.3 Å². The standard InChI is InChI=1S/C16H17O3S.CHF3O3S/c1-18-16(17)19-13-7-8-14-12(11-13)5-4-6-15(14)20-9-2-3-10-20;2-1(3,4)8(5,6)7/h4-8,11H,2-3,9-10H2,1H3;(H,5,6,7)/q+1;/p-1. The summed E-state index contributed by atoms with van der Waals surface area (Å²) in [7, 11) is -4.40. The first-order valence-corrected chi connectivity index (χ1v) is 11.0. The number of benzene rings is 2. The van der Waals surface area contributed by atoms with E-state index in [1.54, 1.807) is 0 Å². The molecule has 3 rings (SSSR count). The molecule has 0 aliphatic carbocycles. The second-order valence-electron chi connectivity index (χ2n) is 5.70. The molecule has 0 saturated carbocycles. The van der Waals surface area contributed by atoms with Gasteiger partial charge in [-0.1, -0.05) is 12.1 Å². The Kier molecular flexibility index (Phi) is 7.18. The molecule has 1 aliphatic rings. The van der Waals surface area contributed by atoms with Gasteiger partial charge in [-0.25, -0.2) is 13.2 Å². The Bertz CT molecular complexity index is 938. The van der Waals surface area contributed by atoms with Crippen LogP contribution in [0.25, 0.3) is 10.8 Å². The number of carbonyl (C=O) groups is 1. The van der Waals surface area contributed by atoms with Gasteiger partial charge in [0.05, 0.1) is 7.11 Å². The third kappa shape index (κ3) is 5.76. The molecule has 1 heterocycles. The van der Waals surface area contributed by atoms with E-state index in [0.717, 1.165) is 5.39 Å². The second-order valence-corrected chi connectivity index (χ2v) is 9.32. The van der Waals surface area contributed by atoms with Crippen molar-refractivity contribution in [2.45, 2.75) is 23.2 Å². The summed E-state index contributed by atoms with van der Waals surface area (Å²) in [5.41, 5.74) is -5.65. The fourth-order valence-electron chi connectivity index (χ4n) is 2.56. The molecule has 0 radical (unpaired) electrons. The van der Waals surface area contributed by atoms with Gasteiger partial charge >= 0.3 is 11.7 Å². The lowest BCUT2D eigenvalue weighted by atomic mass is 10.1. The molecule has 1 saturated heterocycles. The molecule has 11 heteroatoms. The largest absolute Gasteiger partial charge is 0.741 e. The van der Waals surface area contributed by atoms with Crippen LogP contribution < -0.4 is 4.74 Å². The van der Waals surface area contributed by atoms with Crippen LogP contribution in [0.3, 0.4) is 0 Å². The predicted molar refractivity (Wildman–Crippen MR) is 97.3 cm³/mol. The third-order valence-electron chi connectivity index (χ3n) is 3.81. The minimum Gasteiger partial charge on any atom is -0.741 e. The Morgan fingerprint density at radius 3 is 2.29 bits per heavy atom. The van der Waals surface area contributed by atoms with Crippen LogP contribution in [-0.4, -0.2) is 43.2 Å². The van der Waals surface area contributed by atoms with E-state index < -0.39 is 21.8 Å². The molecular weight excluding hydrogens is 421 g/mol. The molecule has 0 N–H and O–H groups in total. The van der Waals surface area contributed by atoms with Crippen LogP contribution in [0.4, 0.5) is 18.0 Å². The van der Waals surface area contributed by atoms with Crippen LogP contribution in [0, 0.1) is 0 Å². The van der Waals surface area contributed by atoms with Gasteiger partial charge in [-0.3, -0.25) is 0 Å². The van der Waals surface area contributed by atoms with Crippen molar-refractivity contribution in [1.82, 2.24) is 0 Å². The lowest BCUT2D eigenvalue weighted by Crippen LogP contribution is -2.21. The van der Waals surface area contributed by atoms with Crippen LogP contribution in [-0.2, 0) is 25.7 Å². The first-order valence-electron chi connectivity index (χ1n) is 8.01. The smallest absolute Gasteiger partial charge is 0.513 e. The van der Waals surface area contributed by atoms with Gasteiger partial charge in [0, 0.05) is 16.3 Å². The lowest BCUT2D eigenvalue weighted by Gasteiger charge is -2.08. The Labute approximate surface area is 162 Å². The number of ether oxygens (including phenoxy) is 2. The van der Waals surface area contributed by atoms with Gasteiger partial charge in [0.2, 0.25) is 0 Å². The van der Waals surface area contributed by atoms with E-state index in [9.17, 15) is 18.0 Å². The van der Waals surface area contributed by atoms with Gasteiger partial charge in [0.15, 0.2) is 15.0 Å². The van der Waals surface area contributed by atoms with E-state index >= 15 is 0 Å². The van der Waals surface area contributed by atoms with Crippen molar-refractivity contribution in [3.05, 3.63) is 36.4 Å². The molecule has 0 spiro atoms. The highest BCUT2D eigenvalue weighted by atomic mass is 32.2. The van der Waals surface area contributed by atoms with Crippen molar-refractivity contribution < 1.29 is 40.4 Å². The Morgan fingerprint density at radius 2 is 1.75 bits per heavy atom. The summed E-state index contributed by atoms with van der Waals surface area (Å²) in [5, 5.41) is 2.39. The van der Waals surface area contributed by atoms with Crippen LogP contribution in [0.15, 0.2) is 41.3 Å². The van der Waals surface area contributed by atoms with Crippen molar-refractivity contribution in [1.29, 1.82) is 0 Å². The average molecular weight is 438 g/mol. The zero-order chi connectivity index (χ0) is 20.9. The molecule has 0 bridgehead atoms. The summed E-state index contributed by atoms with van der Waals surface area (Å²) in [6.45, 7) is 0. The Morgan fingerprint density at radius 1 is 1.14 bits per heavy atom. The van der Waals surface area contributed by atoms with E-state index in [2.05, 4.69) is 22.9 Å². The summed E-state index contributed by atoms with van der Waals surface area (Å²) in [6, 6.07) is 12.2. The molecule has 0 unspecified atom stereocenters. The van der Waals surface area contributed by atoms with Gasteiger partial charge in [-0.15, -0.1) is 0 Å². The molecule has 1 fully saturated rings. The van der Waals surface area contributed by atoms with Crippen molar-refractivity contribution in [2.24, 2.45) is 0 Å². The van der Waals surface area contributed by atoms with Gasteiger partial charge < -0.3 is 14.0 Å². The number of halogens is 3. The number of fused-ring (bicyclic) bond motifs is 1. The number of methoxy groups -OCH3 is 1. The summed E-state index contributed by atoms with van der Waals surface area (Å²) < 4.78 is 68.5. The molecule has 2 aromatic rings. The molecule has 6 nitrogen and oxygen atoms in total. The highest BCUT2D eigenvalue weighted by Crippen LogP contribution is 2.31. The predicted octanol–water partition coefficient (Wildman–Crippen LogP) is 3.81. The van der Waals surface area contributed by atoms with E-state index in [1.807, 2.05) is 18.2 Å². The van der Waals surface area contributed by atoms with Gasteiger partial charge in [-0.05, 0) is 42.5 Å². The highest BCUT2D eigenvalue weighted by molar-refractivity contribution is 7.97. The number of rotatable bonds is 2. The van der Waals surface area contributed by atoms with Crippen LogP contribution in [0.2, 0.25) is 0 Å². The minimum absolute atomic E-state index is 0.383. The van der Waals surface area contributed by atoms with Crippen LogP contribution >= 0.6 is 0 Å². The second kappa shape index (κ2) is 9.01. The maximum absolute atomic E-state index is 11.2. The minimum atomic E-state index is -6.09. The fraction of sp³-hybridized carbons (Fsp3) is 0.353. The zero-order valence-electron chi connectivity index (χ0n) is 14.7.